The van der Waals surface area contributed by atoms with Gasteiger partial charge in [0.2, 0.25) is 5.91 Å². The van der Waals surface area contributed by atoms with E-state index in [-0.39, 0.29) is 24.7 Å². The summed E-state index contributed by atoms with van der Waals surface area (Å²) >= 11 is 3.08. The van der Waals surface area contributed by atoms with Crippen LogP contribution in [0.1, 0.15) is 6.42 Å². The lowest BCUT2D eigenvalue weighted by molar-refractivity contribution is -0.390. The van der Waals surface area contributed by atoms with Gasteiger partial charge in [0.05, 0.1) is 17.8 Å². The van der Waals surface area contributed by atoms with Crippen LogP contribution >= 0.6 is 15.9 Å². The Bertz CT molecular complexity index is 923. The summed E-state index contributed by atoms with van der Waals surface area (Å²) in [7, 11) is 0. The summed E-state index contributed by atoms with van der Waals surface area (Å²) in [6.07, 6.45) is 1.64. The number of rotatable bonds is 6. The predicted octanol–water partition coefficient (Wildman–Crippen LogP) is 4.25. The van der Waals surface area contributed by atoms with Crippen LogP contribution in [0.4, 0.5) is 11.5 Å². The summed E-state index contributed by atoms with van der Waals surface area (Å²) in [5, 5.41) is 17.4. The molecule has 0 radical (unpaired) electrons. The minimum Gasteiger partial charge on any atom is -0.358 e. The summed E-state index contributed by atoms with van der Waals surface area (Å²) < 4.78 is 1.67. The number of carbonyl (C=O) groups excluding carboxylic acids is 1. The van der Waals surface area contributed by atoms with Gasteiger partial charge in [0.25, 0.3) is 0 Å². The molecule has 0 aliphatic heterocycles. The van der Waals surface area contributed by atoms with E-state index in [9.17, 15) is 14.9 Å². The molecule has 26 heavy (non-hydrogen) atoms. The third kappa shape index (κ3) is 4.34. The second-order valence-electron chi connectivity index (χ2n) is 5.56. The van der Waals surface area contributed by atoms with Crippen LogP contribution in [0.25, 0.3) is 11.1 Å². The number of nitro groups is 1. The van der Waals surface area contributed by atoms with Gasteiger partial charge in [-0.05, 0) is 44.1 Å². The summed E-state index contributed by atoms with van der Waals surface area (Å²) in [6.45, 7) is 0.250. The fourth-order valence-electron chi connectivity index (χ4n) is 2.44. The number of anilines is 1. The van der Waals surface area contributed by atoms with E-state index in [0.29, 0.717) is 10.2 Å². The highest BCUT2D eigenvalue weighted by Gasteiger charge is 2.18. The molecule has 0 saturated carbocycles. The number of amides is 1. The molecule has 2 aromatic carbocycles. The van der Waals surface area contributed by atoms with E-state index < -0.39 is 4.92 Å². The molecular formula is C18H15BrN4O3. The Labute approximate surface area is 157 Å². The number of halogens is 1. The minimum absolute atomic E-state index is 0.158. The Kier molecular flexibility index (Phi) is 5.43. The molecule has 0 unspecified atom stereocenters. The molecule has 0 bridgehead atoms. The average Bonchev–Trinajstić information content (AvgIpc) is 3.02. The van der Waals surface area contributed by atoms with Gasteiger partial charge in [-0.2, -0.15) is 4.68 Å². The van der Waals surface area contributed by atoms with Crippen molar-refractivity contribution in [2.24, 2.45) is 0 Å². The summed E-state index contributed by atoms with van der Waals surface area (Å²) in [6, 6.07) is 17.5. The van der Waals surface area contributed by atoms with Crippen LogP contribution < -0.4 is 5.32 Å². The lowest BCUT2D eigenvalue weighted by Gasteiger charge is -2.06. The Morgan fingerprint density at radius 3 is 2.38 bits per heavy atom. The molecule has 0 fully saturated rings. The molecule has 1 aromatic heterocycles. The quantitative estimate of drug-likeness (QED) is 0.482. The molecule has 1 amide bonds. The van der Waals surface area contributed by atoms with Crippen molar-refractivity contribution in [1.29, 1.82) is 0 Å². The third-order valence-electron chi connectivity index (χ3n) is 3.72. The number of carbonyl (C=O) groups is 1. The highest BCUT2D eigenvalue weighted by molar-refractivity contribution is 9.10. The molecule has 3 rings (SSSR count). The molecule has 0 spiro atoms. The van der Waals surface area contributed by atoms with Gasteiger partial charge in [0.1, 0.15) is 4.47 Å². The van der Waals surface area contributed by atoms with Crippen molar-refractivity contribution in [2.45, 2.75) is 13.0 Å². The molecular weight excluding hydrogens is 400 g/mol. The van der Waals surface area contributed by atoms with E-state index in [4.69, 9.17) is 0 Å². The number of aromatic nitrogens is 2. The lowest BCUT2D eigenvalue weighted by Crippen LogP contribution is -2.14. The molecule has 0 atom stereocenters. The predicted molar refractivity (Wildman–Crippen MR) is 102 cm³/mol. The van der Waals surface area contributed by atoms with Crippen molar-refractivity contribution in [3.63, 3.8) is 0 Å². The fourth-order valence-corrected chi connectivity index (χ4v) is 2.90. The van der Waals surface area contributed by atoms with E-state index in [1.54, 1.807) is 0 Å². The van der Waals surface area contributed by atoms with Crippen molar-refractivity contribution < 1.29 is 9.72 Å². The molecule has 0 aliphatic carbocycles. The minimum atomic E-state index is -0.574. The Morgan fingerprint density at radius 1 is 1.12 bits per heavy atom. The number of aryl methyl sites for hydroxylation is 1. The highest BCUT2D eigenvalue weighted by Crippen LogP contribution is 2.23. The topological polar surface area (TPSA) is 90.1 Å². The Hall–Kier alpha value is -3.00. The van der Waals surface area contributed by atoms with Crippen molar-refractivity contribution in [1.82, 2.24) is 9.78 Å². The smallest absolute Gasteiger partial charge is 0.358 e. The number of nitrogens with one attached hydrogen (secondary N) is 1. The van der Waals surface area contributed by atoms with Crippen molar-refractivity contribution in [2.75, 3.05) is 5.32 Å². The van der Waals surface area contributed by atoms with Crippen LogP contribution in [-0.4, -0.2) is 20.6 Å². The molecule has 132 valence electrons. The summed E-state index contributed by atoms with van der Waals surface area (Å²) in [5.74, 6) is -0.450. The fraction of sp³-hybridized carbons (Fsp3) is 0.111. The lowest BCUT2D eigenvalue weighted by atomic mass is 10.1. The number of benzene rings is 2. The second kappa shape index (κ2) is 7.92. The van der Waals surface area contributed by atoms with E-state index >= 15 is 0 Å². The van der Waals surface area contributed by atoms with Crippen LogP contribution in [0, 0.1) is 10.1 Å². The first-order chi connectivity index (χ1) is 12.5. The van der Waals surface area contributed by atoms with Gasteiger partial charge in [-0.25, -0.2) is 0 Å². The molecule has 1 N–H and O–H groups in total. The maximum absolute atomic E-state index is 12.1. The van der Waals surface area contributed by atoms with Crippen LogP contribution in [-0.2, 0) is 11.3 Å². The maximum Gasteiger partial charge on any atom is 0.404 e. The third-order valence-corrected chi connectivity index (χ3v) is 4.28. The van der Waals surface area contributed by atoms with Gasteiger partial charge < -0.3 is 15.4 Å². The summed E-state index contributed by atoms with van der Waals surface area (Å²) in [5.41, 5.74) is 2.87. The van der Waals surface area contributed by atoms with Gasteiger partial charge in [-0.1, -0.05) is 42.5 Å². The molecule has 0 saturated heterocycles. The summed E-state index contributed by atoms with van der Waals surface area (Å²) in [4.78, 5) is 22.3. The van der Waals surface area contributed by atoms with Crippen molar-refractivity contribution in [3.05, 3.63) is 75.4 Å². The zero-order valence-corrected chi connectivity index (χ0v) is 15.2. The molecule has 8 heteroatoms. The van der Waals surface area contributed by atoms with E-state index in [2.05, 4.69) is 26.3 Å². The van der Waals surface area contributed by atoms with Gasteiger partial charge >= 0.3 is 5.82 Å². The number of nitrogens with zero attached hydrogens (tertiary/aromatic N) is 3. The van der Waals surface area contributed by atoms with Gasteiger partial charge in [0, 0.05) is 12.1 Å². The first kappa shape index (κ1) is 17.8. The standard InChI is InChI=1S/C18H15BrN4O3/c19-16-12-22(21-18(16)23(25)26)11-10-17(24)20-15-8-6-14(7-9-15)13-4-2-1-3-5-13/h1-9,12H,10-11H2,(H,20,24). The highest BCUT2D eigenvalue weighted by atomic mass is 79.9. The van der Waals surface area contributed by atoms with E-state index in [1.807, 2.05) is 54.6 Å². The SMILES string of the molecule is O=C(CCn1cc(Br)c([N+](=O)[O-])n1)Nc1ccc(-c2ccccc2)cc1. The first-order valence-electron chi connectivity index (χ1n) is 7.85. The normalized spacial score (nSPS) is 10.5. The van der Waals surface area contributed by atoms with Gasteiger partial charge in [-0.15, -0.1) is 0 Å². The first-order valence-corrected chi connectivity index (χ1v) is 8.65. The number of hydrogen-bond acceptors (Lipinski definition) is 4. The molecule has 7 nitrogen and oxygen atoms in total. The van der Waals surface area contributed by atoms with Crippen LogP contribution in [0.2, 0.25) is 0 Å². The second-order valence-corrected chi connectivity index (χ2v) is 6.42. The van der Waals surface area contributed by atoms with E-state index in [1.165, 1.54) is 10.9 Å². The van der Waals surface area contributed by atoms with E-state index in [0.717, 1.165) is 11.1 Å². The Morgan fingerprint density at radius 2 is 1.77 bits per heavy atom. The van der Waals surface area contributed by atoms with Crippen LogP contribution in [0.3, 0.4) is 0 Å². The zero-order valence-electron chi connectivity index (χ0n) is 13.6. The largest absolute Gasteiger partial charge is 0.404 e. The zero-order chi connectivity index (χ0) is 18.5. The molecule has 3 aromatic rings. The molecule has 1 heterocycles. The monoisotopic (exact) mass is 414 g/mol. The average molecular weight is 415 g/mol. The van der Waals surface area contributed by atoms with Crippen LogP contribution in [0.5, 0.6) is 0 Å². The van der Waals surface area contributed by atoms with Crippen molar-refractivity contribution in [3.8, 4) is 11.1 Å². The Balaban J connectivity index is 1.56. The molecule has 0 aliphatic rings. The number of hydrogen-bond donors (Lipinski definition) is 1. The van der Waals surface area contributed by atoms with Crippen LogP contribution in [0.15, 0.2) is 65.3 Å². The van der Waals surface area contributed by atoms with Gasteiger partial charge in [0.15, 0.2) is 0 Å². The van der Waals surface area contributed by atoms with Gasteiger partial charge in [-0.3, -0.25) is 4.79 Å². The van der Waals surface area contributed by atoms with Crippen molar-refractivity contribution >= 4 is 33.3 Å². The maximum atomic E-state index is 12.1.